The molecule has 7 heteroatoms. The van der Waals surface area contributed by atoms with Gasteiger partial charge in [-0.1, -0.05) is 24.8 Å². The van der Waals surface area contributed by atoms with E-state index in [0.29, 0.717) is 22.1 Å². The van der Waals surface area contributed by atoms with E-state index in [1.807, 2.05) is 18.2 Å². The van der Waals surface area contributed by atoms with Gasteiger partial charge in [0, 0.05) is 5.70 Å². The average Bonchev–Trinajstić information content (AvgIpc) is 2.57. The van der Waals surface area contributed by atoms with Crippen LogP contribution in [0.2, 0.25) is 0 Å². The lowest BCUT2D eigenvalue weighted by atomic mass is 9.95. The van der Waals surface area contributed by atoms with E-state index in [2.05, 4.69) is 17.2 Å². The topological polar surface area (TPSA) is 83.4 Å². The third kappa shape index (κ3) is 4.12. The number of hydrogen-bond donors (Lipinski definition) is 2. The summed E-state index contributed by atoms with van der Waals surface area (Å²) in [6.07, 6.45) is 1.51. The van der Waals surface area contributed by atoms with Gasteiger partial charge >= 0.3 is 5.97 Å². The summed E-state index contributed by atoms with van der Waals surface area (Å²) in [7, 11) is 0. The van der Waals surface area contributed by atoms with Crippen LogP contribution in [0.15, 0.2) is 48.2 Å². The van der Waals surface area contributed by atoms with Crippen LogP contribution >= 0.6 is 12.2 Å². The Hall–Kier alpha value is -2.85. The predicted octanol–water partition coefficient (Wildman–Crippen LogP) is 2.11. The molecule has 0 aromatic heterocycles. The van der Waals surface area contributed by atoms with Crippen molar-refractivity contribution in [3.8, 4) is 11.8 Å². The van der Waals surface area contributed by atoms with Gasteiger partial charge in [0.15, 0.2) is 11.7 Å². The van der Waals surface area contributed by atoms with E-state index in [-0.39, 0.29) is 13.2 Å². The number of allylic oxidation sites excluding steroid dienone is 1. The van der Waals surface area contributed by atoms with E-state index in [0.717, 1.165) is 5.56 Å². The molecule has 0 fully saturated rings. The van der Waals surface area contributed by atoms with Crippen molar-refractivity contribution < 1.29 is 14.3 Å². The first-order chi connectivity index (χ1) is 11.6. The Morgan fingerprint density at radius 1 is 1.46 bits per heavy atom. The average molecular weight is 343 g/mol. The van der Waals surface area contributed by atoms with Crippen molar-refractivity contribution in [2.24, 2.45) is 0 Å². The van der Waals surface area contributed by atoms with Gasteiger partial charge in [0.25, 0.3) is 0 Å². The molecule has 1 aliphatic heterocycles. The highest BCUT2D eigenvalue weighted by atomic mass is 32.1. The maximum atomic E-state index is 12.4. The number of ether oxygens (including phenoxy) is 2. The lowest BCUT2D eigenvalue weighted by Gasteiger charge is -2.29. The Morgan fingerprint density at radius 2 is 2.17 bits per heavy atom. The summed E-state index contributed by atoms with van der Waals surface area (Å²) in [5, 5.41) is 15.0. The number of carbonyl (C=O) groups is 1. The zero-order valence-corrected chi connectivity index (χ0v) is 14.0. The third-order valence-electron chi connectivity index (χ3n) is 3.34. The molecule has 0 bridgehead atoms. The summed E-state index contributed by atoms with van der Waals surface area (Å²) in [5.74, 6) is 0.137. The highest BCUT2D eigenvalue weighted by Crippen LogP contribution is 2.28. The van der Waals surface area contributed by atoms with Gasteiger partial charge < -0.3 is 20.1 Å². The van der Waals surface area contributed by atoms with Crippen molar-refractivity contribution in [2.75, 3.05) is 13.2 Å². The normalized spacial score (nSPS) is 16.5. The minimum Gasteiger partial charge on any atom is -0.479 e. The molecule has 0 amide bonds. The fourth-order valence-electron chi connectivity index (χ4n) is 2.30. The molecule has 1 aromatic rings. The van der Waals surface area contributed by atoms with Gasteiger partial charge in [-0.25, -0.2) is 4.79 Å². The Labute approximate surface area is 145 Å². The van der Waals surface area contributed by atoms with Gasteiger partial charge in [0.1, 0.15) is 18.4 Å². The fourth-order valence-corrected chi connectivity index (χ4v) is 2.57. The molecule has 2 rings (SSSR count). The SMILES string of the molecule is C=CCOC(=O)C1=C(C)NC(=S)N[C@@H]1c1ccc(OCC#N)cc1. The number of nitrogens with zero attached hydrogens (tertiary/aromatic N) is 1. The van der Waals surface area contributed by atoms with Crippen LogP contribution in [-0.4, -0.2) is 24.3 Å². The lowest BCUT2D eigenvalue weighted by molar-refractivity contribution is -0.138. The van der Waals surface area contributed by atoms with Gasteiger partial charge in [-0.15, -0.1) is 0 Å². The van der Waals surface area contributed by atoms with Gasteiger partial charge in [-0.2, -0.15) is 5.26 Å². The largest absolute Gasteiger partial charge is 0.479 e. The summed E-state index contributed by atoms with van der Waals surface area (Å²) in [5.41, 5.74) is 1.92. The van der Waals surface area contributed by atoms with Gasteiger partial charge in [0.05, 0.1) is 11.6 Å². The van der Waals surface area contributed by atoms with Crippen LogP contribution in [0, 0.1) is 11.3 Å². The molecule has 124 valence electrons. The van der Waals surface area contributed by atoms with E-state index < -0.39 is 12.0 Å². The van der Waals surface area contributed by atoms with E-state index in [9.17, 15) is 4.79 Å². The van der Waals surface area contributed by atoms with E-state index in [1.54, 1.807) is 19.1 Å². The second-order valence-electron chi connectivity index (χ2n) is 4.97. The number of esters is 1. The lowest BCUT2D eigenvalue weighted by Crippen LogP contribution is -2.45. The smallest absolute Gasteiger partial charge is 0.338 e. The number of hydrogen-bond acceptors (Lipinski definition) is 5. The van der Waals surface area contributed by atoms with Crippen molar-refractivity contribution >= 4 is 23.3 Å². The maximum absolute atomic E-state index is 12.4. The number of carbonyl (C=O) groups excluding carboxylic acids is 1. The zero-order chi connectivity index (χ0) is 17.5. The molecule has 0 saturated carbocycles. The number of benzene rings is 1. The van der Waals surface area contributed by atoms with Crippen molar-refractivity contribution in [3.63, 3.8) is 0 Å². The van der Waals surface area contributed by atoms with E-state index in [1.165, 1.54) is 6.08 Å². The maximum Gasteiger partial charge on any atom is 0.338 e. The molecule has 0 saturated heterocycles. The summed E-state index contributed by atoms with van der Waals surface area (Å²) >= 11 is 5.18. The second-order valence-corrected chi connectivity index (χ2v) is 5.38. The highest BCUT2D eigenvalue weighted by molar-refractivity contribution is 7.80. The molecular formula is C17H17N3O3S. The number of rotatable bonds is 6. The summed E-state index contributed by atoms with van der Waals surface area (Å²) in [6, 6.07) is 8.58. The molecule has 6 nitrogen and oxygen atoms in total. The minimum absolute atomic E-state index is 0.0207. The Morgan fingerprint density at radius 3 is 2.79 bits per heavy atom. The Bertz CT molecular complexity index is 720. The third-order valence-corrected chi connectivity index (χ3v) is 3.56. The van der Waals surface area contributed by atoms with Gasteiger partial charge in [0.2, 0.25) is 0 Å². The predicted molar refractivity (Wildman–Crippen MR) is 93.0 cm³/mol. The van der Waals surface area contributed by atoms with Gasteiger partial charge in [-0.05, 0) is 36.8 Å². The molecule has 0 spiro atoms. The zero-order valence-electron chi connectivity index (χ0n) is 13.2. The quantitative estimate of drug-likeness (QED) is 0.465. The summed E-state index contributed by atoms with van der Waals surface area (Å²) < 4.78 is 10.4. The first-order valence-electron chi connectivity index (χ1n) is 7.22. The van der Waals surface area contributed by atoms with Crippen LogP contribution in [-0.2, 0) is 9.53 Å². The minimum atomic E-state index is -0.440. The van der Waals surface area contributed by atoms with Crippen molar-refractivity contribution in [3.05, 3.63) is 53.8 Å². The van der Waals surface area contributed by atoms with Crippen LogP contribution < -0.4 is 15.4 Å². The standard InChI is InChI=1S/C17H17N3O3S/c1-3-9-23-16(21)14-11(2)19-17(24)20-15(14)12-4-6-13(7-5-12)22-10-8-18/h3-7,15H,1,9-10H2,2H3,(H2,19,20,24)/t15-/m1/s1. The van der Waals surface area contributed by atoms with Crippen LogP contribution in [0.4, 0.5) is 0 Å². The van der Waals surface area contributed by atoms with Crippen LogP contribution in [0.1, 0.15) is 18.5 Å². The molecule has 1 aromatic carbocycles. The molecule has 0 aliphatic carbocycles. The van der Waals surface area contributed by atoms with Crippen LogP contribution in [0.3, 0.4) is 0 Å². The van der Waals surface area contributed by atoms with Crippen LogP contribution in [0.5, 0.6) is 5.75 Å². The molecule has 0 unspecified atom stereocenters. The van der Waals surface area contributed by atoms with Crippen molar-refractivity contribution in [1.29, 1.82) is 5.26 Å². The Balaban J connectivity index is 2.29. The summed E-state index contributed by atoms with van der Waals surface area (Å²) in [6.45, 7) is 5.42. The monoisotopic (exact) mass is 343 g/mol. The molecule has 2 N–H and O–H groups in total. The molecule has 1 heterocycles. The van der Waals surface area contributed by atoms with Crippen LogP contribution in [0.25, 0.3) is 0 Å². The number of thiocarbonyl (C=S) groups is 1. The molecule has 1 aliphatic rings. The summed E-state index contributed by atoms with van der Waals surface area (Å²) in [4.78, 5) is 12.4. The number of nitriles is 1. The number of nitrogens with one attached hydrogen (secondary N) is 2. The van der Waals surface area contributed by atoms with Crippen molar-refractivity contribution in [1.82, 2.24) is 10.6 Å². The Kier molecular flexibility index (Phi) is 5.93. The first-order valence-corrected chi connectivity index (χ1v) is 7.63. The molecule has 1 atom stereocenters. The fraction of sp³-hybridized carbons (Fsp3) is 0.235. The van der Waals surface area contributed by atoms with Crippen molar-refractivity contribution in [2.45, 2.75) is 13.0 Å². The molecule has 24 heavy (non-hydrogen) atoms. The van der Waals surface area contributed by atoms with E-state index >= 15 is 0 Å². The highest BCUT2D eigenvalue weighted by Gasteiger charge is 2.30. The van der Waals surface area contributed by atoms with Gasteiger partial charge in [-0.3, -0.25) is 0 Å². The molecular weight excluding hydrogens is 326 g/mol. The first kappa shape index (κ1) is 17.5. The molecule has 0 radical (unpaired) electrons. The second kappa shape index (κ2) is 8.13. The van der Waals surface area contributed by atoms with E-state index in [4.69, 9.17) is 27.0 Å².